The molecule has 2 fully saturated rings. The minimum absolute atomic E-state index is 0.264. The van der Waals surface area contributed by atoms with Crippen LogP contribution in [0.1, 0.15) is 62.8 Å². The number of ether oxygens (including phenoxy) is 3. The number of benzene rings is 1. The Balaban J connectivity index is 1.16. The summed E-state index contributed by atoms with van der Waals surface area (Å²) in [5.74, 6) is 4.16. The van der Waals surface area contributed by atoms with Crippen LogP contribution < -0.4 is 9.47 Å². The summed E-state index contributed by atoms with van der Waals surface area (Å²) in [7, 11) is 1.60. The first-order chi connectivity index (χ1) is 14.2. The molecule has 2 heterocycles. The summed E-state index contributed by atoms with van der Waals surface area (Å²) < 4.78 is 16.2. The lowest BCUT2D eigenvalue weighted by Crippen LogP contribution is -2.34. The molecule has 0 amide bonds. The van der Waals surface area contributed by atoms with E-state index in [0.717, 1.165) is 17.4 Å². The zero-order chi connectivity index (χ0) is 20.1. The smallest absolute Gasteiger partial charge is 0.231 e. The molecule has 1 saturated heterocycles. The monoisotopic (exact) mass is 401 g/mol. The third-order valence-corrected chi connectivity index (χ3v) is 7.10. The summed E-state index contributed by atoms with van der Waals surface area (Å²) in [5, 5.41) is 0. The Bertz CT molecular complexity index is 675. The number of piperidine rings is 1. The van der Waals surface area contributed by atoms with E-state index in [4.69, 9.17) is 14.2 Å². The molecule has 160 valence electrons. The molecule has 5 nitrogen and oxygen atoms in total. The van der Waals surface area contributed by atoms with Gasteiger partial charge in [0.15, 0.2) is 17.3 Å². The van der Waals surface area contributed by atoms with E-state index in [-0.39, 0.29) is 12.4 Å². The summed E-state index contributed by atoms with van der Waals surface area (Å²) in [5.41, 5.74) is 1.33. The van der Waals surface area contributed by atoms with E-state index in [1.54, 1.807) is 7.11 Å². The lowest BCUT2D eigenvalue weighted by atomic mass is 9.78. The molecule has 1 aliphatic carbocycles. The molecule has 29 heavy (non-hydrogen) atoms. The molecule has 0 aromatic heterocycles. The number of rotatable bonds is 8. The third-order valence-electron chi connectivity index (χ3n) is 7.10. The number of carbonyl (C=O) groups is 1. The molecule has 0 unspecified atom stereocenters. The van der Waals surface area contributed by atoms with Gasteiger partial charge in [-0.2, -0.15) is 0 Å². The Morgan fingerprint density at radius 2 is 1.83 bits per heavy atom. The van der Waals surface area contributed by atoms with Crippen molar-refractivity contribution in [3.8, 4) is 11.5 Å². The van der Waals surface area contributed by atoms with Crippen molar-refractivity contribution in [2.45, 2.75) is 57.3 Å². The number of fused-ring (bicyclic) bond motifs is 1. The standard InChI is InChI=1S/C24H35NO4/c1-27-16-21(26)15-19-7-5-18(6-8-19)9-12-25-13-10-20(11-14-25)22-3-2-4-23-24(22)29-17-28-23/h2-4,18-20H,5-17H2,1H3. The van der Waals surface area contributed by atoms with Crippen LogP contribution in [-0.2, 0) is 9.53 Å². The predicted octanol–water partition coefficient (Wildman–Crippen LogP) is 4.40. The third kappa shape index (κ3) is 5.32. The molecule has 0 atom stereocenters. The fourth-order valence-corrected chi connectivity index (χ4v) is 5.37. The fraction of sp³-hybridized carbons (Fsp3) is 0.708. The van der Waals surface area contributed by atoms with Gasteiger partial charge in [0.05, 0.1) is 0 Å². The normalized spacial score (nSPS) is 25.3. The molecular weight excluding hydrogens is 366 g/mol. The van der Waals surface area contributed by atoms with Crippen LogP contribution in [0.4, 0.5) is 0 Å². The van der Waals surface area contributed by atoms with Crippen LogP contribution in [0.15, 0.2) is 18.2 Å². The van der Waals surface area contributed by atoms with Crippen molar-refractivity contribution in [2.75, 3.05) is 40.1 Å². The van der Waals surface area contributed by atoms with Gasteiger partial charge in [0.2, 0.25) is 6.79 Å². The SMILES string of the molecule is COCC(=O)CC1CCC(CCN2CCC(c3cccc4c3OCO4)CC2)CC1. The highest BCUT2D eigenvalue weighted by atomic mass is 16.7. The van der Waals surface area contributed by atoms with Crippen molar-refractivity contribution in [3.05, 3.63) is 23.8 Å². The Morgan fingerprint density at radius 1 is 1.07 bits per heavy atom. The Hall–Kier alpha value is -1.59. The number of para-hydroxylation sites is 1. The zero-order valence-electron chi connectivity index (χ0n) is 17.7. The maximum atomic E-state index is 11.8. The second-order valence-corrected chi connectivity index (χ2v) is 9.05. The van der Waals surface area contributed by atoms with E-state index in [1.165, 1.54) is 70.1 Å². The molecule has 3 aliphatic rings. The van der Waals surface area contributed by atoms with Crippen LogP contribution in [0.3, 0.4) is 0 Å². The fourth-order valence-electron chi connectivity index (χ4n) is 5.37. The molecule has 0 N–H and O–H groups in total. The second kappa shape index (κ2) is 9.94. The van der Waals surface area contributed by atoms with E-state index < -0.39 is 0 Å². The maximum Gasteiger partial charge on any atom is 0.231 e. The first kappa shape index (κ1) is 20.7. The van der Waals surface area contributed by atoms with Gasteiger partial charge in [-0.05, 0) is 75.6 Å². The molecule has 5 heteroatoms. The molecule has 1 saturated carbocycles. The minimum atomic E-state index is 0.264. The maximum absolute atomic E-state index is 11.8. The van der Waals surface area contributed by atoms with Gasteiger partial charge in [0, 0.05) is 19.1 Å². The summed E-state index contributed by atoms with van der Waals surface area (Å²) in [6.07, 6.45) is 9.42. The highest BCUT2D eigenvalue weighted by Gasteiger charge is 2.28. The number of likely N-dealkylation sites (tertiary alicyclic amines) is 1. The van der Waals surface area contributed by atoms with Crippen LogP contribution >= 0.6 is 0 Å². The van der Waals surface area contributed by atoms with Crippen LogP contribution in [0.2, 0.25) is 0 Å². The number of ketones is 1. The van der Waals surface area contributed by atoms with Crippen molar-refractivity contribution >= 4 is 5.78 Å². The Morgan fingerprint density at radius 3 is 2.59 bits per heavy atom. The van der Waals surface area contributed by atoms with Crippen molar-refractivity contribution < 1.29 is 19.0 Å². The lowest BCUT2D eigenvalue weighted by molar-refractivity contribution is -0.123. The second-order valence-electron chi connectivity index (χ2n) is 9.05. The quantitative estimate of drug-likeness (QED) is 0.646. The number of carbonyl (C=O) groups excluding carboxylic acids is 1. The van der Waals surface area contributed by atoms with Gasteiger partial charge in [-0.25, -0.2) is 0 Å². The zero-order valence-corrected chi connectivity index (χ0v) is 17.7. The lowest BCUT2D eigenvalue weighted by Gasteiger charge is -2.34. The van der Waals surface area contributed by atoms with Crippen molar-refractivity contribution in [2.24, 2.45) is 11.8 Å². The van der Waals surface area contributed by atoms with Crippen molar-refractivity contribution in [1.82, 2.24) is 4.90 Å². The van der Waals surface area contributed by atoms with Crippen LogP contribution in [0, 0.1) is 11.8 Å². The highest BCUT2D eigenvalue weighted by molar-refractivity contribution is 5.79. The van der Waals surface area contributed by atoms with Crippen molar-refractivity contribution in [3.63, 3.8) is 0 Å². The van der Waals surface area contributed by atoms with E-state index in [1.807, 2.05) is 6.07 Å². The Labute approximate surface area is 174 Å². The number of nitrogens with zero attached hydrogens (tertiary/aromatic N) is 1. The number of hydrogen-bond acceptors (Lipinski definition) is 5. The largest absolute Gasteiger partial charge is 0.454 e. The summed E-state index contributed by atoms with van der Waals surface area (Å²) in [4.78, 5) is 14.4. The van der Waals surface area contributed by atoms with Gasteiger partial charge >= 0.3 is 0 Å². The molecule has 1 aromatic carbocycles. The molecule has 0 spiro atoms. The average Bonchev–Trinajstić information content (AvgIpc) is 3.23. The van der Waals surface area contributed by atoms with Crippen molar-refractivity contribution in [1.29, 1.82) is 0 Å². The van der Waals surface area contributed by atoms with Gasteiger partial charge in [-0.1, -0.05) is 25.0 Å². The predicted molar refractivity (Wildman–Crippen MR) is 113 cm³/mol. The van der Waals surface area contributed by atoms with Gasteiger partial charge < -0.3 is 19.1 Å². The minimum Gasteiger partial charge on any atom is -0.454 e. The van der Waals surface area contributed by atoms with Crippen LogP contribution in [0.5, 0.6) is 11.5 Å². The van der Waals surface area contributed by atoms with E-state index in [2.05, 4.69) is 17.0 Å². The first-order valence-corrected chi connectivity index (χ1v) is 11.3. The van der Waals surface area contributed by atoms with E-state index >= 15 is 0 Å². The number of hydrogen-bond donors (Lipinski definition) is 0. The first-order valence-electron chi connectivity index (χ1n) is 11.3. The average molecular weight is 402 g/mol. The number of methoxy groups -OCH3 is 1. The number of Topliss-reactive ketones (excluding diaryl/α,β-unsaturated/α-hetero) is 1. The summed E-state index contributed by atoms with van der Waals surface area (Å²) in [6, 6.07) is 6.31. The van der Waals surface area contributed by atoms with Crippen LogP contribution in [0.25, 0.3) is 0 Å². The van der Waals surface area contributed by atoms with Gasteiger partial charge in [-0.3, -0.25) is 4.79 Å². The Kier molecular flexibility index (Phi) is 7.09. The molecular formula is C24H35NO4. The van der Waals surface area contributed by atoms with E-state index in [9.17, 15) is 4.79 Å². The molecule has 1 aromatic rings. The summed E-state index contributed by atoms with van der Waals surface area (Å²) in [6.45, 7) is 4.21. The molecule has 4 rings (SSSR count). The van der Waals surface area contributed by atoms with Gasteiger partial charge in [0.1, 0.15) is 6.61 Å². The van der Waals surface area contributed by atoms with Gasteiger partial charge in [-0.15, -0.1) is 0 Å². The molecule has 2 aliphatic heterocycles. The molecule has 0 bridgehead atoms. The topological polar surface area (TPSA) is 48.0 Å². The highest BCUT2D eigenvalue weighted by Crippen LogP contribution is 2.42. The summed E-state index contributed by atoms with van der Waals surface area (Å²) >= 11 is 0. The van der Waals surface area contributed by atoms with Gasteiger partial charge in [0.25, 0.3) is 0 Å². The molecule has 0 radical (unpaired) electrons. The van der Waals surface area contributed by atoms with E-state index in [0.29, 0.717) is 25.0 Å². The van der Waals surface area contributed by atoms with Crippen LogP contribution in [-0.4, -0.2) is 50.8 Å².